The Balaban J connectivity index is 1.50. The maximum absolute atomic E-state index is 13.6. The summed E-state index contributed by atoms with van der Waals surface area (Å²) in [4.78, 5) is 35.7. The van der Waals surface area contributed by atoms with Gasteiger partial charge in [-0.3, -0.25) is 9.59 Å². The van der Waals surface area contributed by atoms with Gasteiger partial charge in [0.15, 0.2) is 11.5 Å². The van der Waals surface area contributed by atoms with Crippen molar-refractivity contribution in [3.63, 3.8) is 0 Å². The Morgan fingerprint density at radius 3 is 2.58 bits per heavy atom. The largest absolute Gasteiger partial charge is 0.494 e. The number of likely N-dealkylation sites (tertiary alicyclic amines) is 1. The number of rotatable bonds is 6. The van der Waals surface area contributed by atoms with E-state index in [0.29, 0.717) is 23.9 Å². The van der Waals surface area contributed by atoms with Crippen LogP contribution in [-0.4, -0.2) is 52.4 Å². The van der Waals surface area contributed by atoms with Gasteiger partial charge in [-0.05, 0) is 57.4 Å². The van der Waals surface area contributed by atoms with Gasteiger partial charge in [-0.25, -0.2) is 9.97 Å². The van der Waals surface area contributed by atoms with E-state index in [0.717, 1.165) is 18.9 Å². The summed E-state index contributed by atoms with van der Waals surface area (Å²) >= 11 is 0. The molecule has 3 atom stereocenters. The number of nitrogens with zero attached hydrogens (tertiary/aromatic N) is 3. The number of nitrogens with one attached hydrogen (secondary N) is 1. The molecule has 3 heterocycles. The van der Waals surface area contributed by atoms with E-state index in [9.17, 15) is 22.8 Å². The van der Waals surface area contributed by atoms with Crippen molar-refractivity contribution in [3.05, 3.63) is 41.4 Å². The number of oxazole rings is 1. The molecule has 2 amide bonds. The molecule has 202 valence electrons. The summed E-state index contributed by atoms with van der Waals surface area (Å²) in [5.74, 6) is 0.0319. The maximum Gasteiger partial charge on any atom is 0.433 e. The van der Waals surface area contributed by atoms with Crippen molar-refractivity contribution in [3.8, 4) is 17.2 Å². The minimum atomic E-state index is -4.64. The highest BCUT2D eigenvalue weighted by molar-refractivity contribution is 5.98. The van der Waals surface area contributed by atoms with Gasteiger partial charge < -0.3 is 25.1 Å². The predicted molar refractivity (Wildman–Crippen MR) is 131 cm³/mol. The number of methoxy groups -OCH3 is 1. The fourth-order valence-electron chi connectivity index (χ4n) is 4.83. The molecule has 0 unspecified atom stereocenters. The van der Waals surface area contributed by atoms with Gasteiger partial charge in [0.2, 0.25) is 11.8 Å². The molecule has 1 aliphatic carbocycles. The standard InChI is InChI=1S/C26H28F3N5O4/c1-12-10-15(31-23(35)14-4-5-14)11-34(12)25(36)21-22(13(2)30)38-24(33-21)17-6-8-18(37-3)20-16(17)7-9-19(32-20)26(27,28)29/h6-9,12-15H,4-5,10-11,30H2,1-3H3,(H,31,35)/t12-,13+,15-/m1/s1. The summed E-state index contributed by atoms with van der Waals surface area (Å²) in [6, 6.07) is 4.20. The molecule has 2 aliphatic rings. The fraction of sp³-hybridized carbons (Fsp3) is 0.462. The number of alkyl halides is 3. The van der Waals surface area contributed by atoms with Crippen LogP contribution < -0.4 is 15.8 Å². The Morgan fingerprint density at radius 2 is 1.95 bits per heavy atom. The van der Waals surface area contributed by atoms with Crippen LogP contribution in [0.1, 0.15) is 61.1 Å². The zero-order chi connectivity index (χ0) is 27.4. The monoisotopic (exact) mass is 531 g/mol. The summed E-state index contributed by atoms with van der Waals surface area (Å²) in [7, 11) is 1.34. The normalized spacial score (nSPS) is 20.6. The highest BCUT2D eigenvalue weighted by Gasteiger charge is 2.39. The first-order valence-corrected chi connectivity index (χ1v) is 12.4. The Bertz CT molecular complexity index is 1400. The van der Waals surface area contributed by atoms with Crippen LogP contribution in [0.2, 0.25) is 0 Å². The summed E-state index contributed by atoms with van der Waals surface area (Å²) < 4.78 is 51.1. The van der Waals surface area contributed by atoms with Crippen LogP contribution in [0.15, 0.2) is 28.7 Å². The van der Waals surface area contributed by atoms with E-state index in [2.05, 4.69) is 15.3 Å². The van der Waals surface area contributed by atoms with Crippen molar-refractivity contribution in [2.75, 3.05) is 13.7 Å². The molecule has 0 radical (unpaired) electrons. The first-order chi connectivity index (χ1) is 18.0. The van der Waals surface area contributed by atoms with E-state index in [1.807, 2.05) is 6.92 Å². The van der Waals surface area contributed by atoms with Crippen LogP contribution in [0.25, 0.3) is 22.4 Å². The molecule has 12 heteroatoms. The number of hydrogen-bond donors (Lipinski definition) is 2. The van der Waals surface area contributed by atoms with Gasteiger partial charge in [-0.1, -0.05) is 0 Å². The van der Waals surface area contributed by atoms with Gasteiger partial charge >= 0.3 is 6.18 Å². The number of nitrogens with two attached hydrogens (primary N) is 1. The zero-order valence-electron chi connectivity index (χ0n) is 21.1. The van der Waals surface area contributed by atoms with Gasteiger partial charge in [-0.15, -0.1) is 0 Å². The molecule has 0 spiro atoms. The van der Waals surface area contributed by atoms with E-state index < -0.39 is 23.8 Å². The quantitative estimate of drug-likeness (QED) is 0.492. The molecule has 1 saturated carbocycles. The molecule has 1 aliphatic heterocycles. The Hall–Kier alpha value is -3.67. The molecule has 1 aromatic carbocycles. The lowest BCUT2D eigenvalue weighted by Gasteiger charge is -2.21. The second-order valence-electron chi connectivity index (χ2n) is 9.95. The van der Waals surface area contributed by atoms with Crippen LogP contribution in [0.3, 0.4) is 0 Å². The smallest absolute Gasteiger partial charge is 0.433 e. The molecule has 5 rings (SSSR count). The molecule has 2 aromatic heterocycles. The van der Waals surface area contributed by atoms with Gasteiger partial charge in [0, 0.05) is 35.5 Å². The Labute approximate surface area is 216 Å². The van der Waals surface area contributed by atoms with Gasteiger partial charge in [0.25, 0.3) is 5.91 Å². The molecular formula is C26H28F3N5O4. The summed E-state index contributed by atoms with van der Waals surface area (Å²) in [5.41, 5.74) is 5.40. The molecule has 3 N–H and O–H groups in total. The van der Waals surface area contributed by atoms with Crippen LogP contribution in [-0.2, 0) is 11.0 Å². The predicted octanol–water partition coefficient (Wildman–Crippen LogP) is 4.07. The van der Waals surface area contributed by atoms with Crippen molar-refractivity contribution < 1.29 is 31.9 Å². The molecule has 9 nitrogen and oxygen atoms in total. The topological polar surface area (TPSA) is 124 Å². The number of aromatic nitrogens is 2. The van der Waals surface area contributed by atoms with Crippen LogP contribution >= 0.6 is 0 Å². The highest BCUT2D eigenvalue weighted by atomic mass is 19.4. The summed E-state index contributed by atoms with van der Waals surface area (Å²) in [6.07, 6.45) is -2.24. The molecule has 3 aromatic rings. The number of carbonyl (C=O) groups excluding carboxylic acids is 2. The van der Waals surface area contributed by atoms with E-state index in [1.54, 1.807) is 17.9 Å². The van der Waals surface area contributed by atoms with Crippen LogP contribution in [0.4, 0.5) is 13.2 Å². The number of carbonyl (C=O) groups is 2. The second-order valence-corrected chi connectivity index (χ2v) is 9.95. The van der Waals surface area contributed by atoms with Gasteiger partial charge in [0.1, 0.15) is 17.0 Å². The first kappa shape index (κ1) is 26.0. The van der Waals surface area contributed by atoms with E-state index >= 15 is 0 Å². The van der Waals surface area contributed by atoms with Crippen LogP contribution in [0, 0.1) is 5.92 Å². The summed E-state index contributed by atoms with van der Waals surface area (Å²) in [6.45, 7) is 3.87. The van der Waals surface area contributed by atoms with Crippen molar-refractivity contribution in [2.45, 2.75) is 57.4 Å². The molecule has 38 heavy (non-hydrogen) atoms. The fourth-order valence-corrected chi connectivity index (χ4v) is 4.83. The lowest BCUT2D eigenvalue weighted by atomic mass is 10.1. The average Bonchev–Trinajstić information content (AvgIpc) is 3.53. The minimum Gasteiger partial charge on any atom is -0.494 e. The number of ether oxygens (including phenoxy) is 1. The lowest BCUT2D eigenvalue weighted by molar-refractivity contribution is -0.141. The van der Waals surface area contributed by atoms with E-state index in [4.69, 9.17) is 14.9 Å². The minimum absolute atomic E-state index is 0.0179. The molecule has 0 bridgehead atoms. The SMILES string of the molecule is COc1ccc(-c2nc(C(=O)N3C[C@H](NC(=O)C4CC4)C[C@H]3C)c([C@H](C)N)o2)c2ccc(C(F)(F)F)nc12. The number of halogens is 3. The van der Waals surface area contributed by atoms with Gasteiger partial charge in [0.05, 0.1) is 13.2 Å². The number of pyridine rings is 1. The maximum atomic E-state index is 13.6. The number of amides is 2. The van der Waals surface area contributed by atoms with Crippen molar-refractivity contribution in [1.29, 1.82) is 0 Å². The number of benzene rings is 1. The Kier molecular flexibility index (Phi) is 6.54. The van der Waals surface area contributed by atoms with Crippen molar-refractivity contribution >= 4 is 22.7 Å². The summed E-state index contributed by atoms with van der Waals surface area (Å²) in [5, 5.41) is 3.33. The molecule has 2 fully saturated rings. The molecular weight excluding hydrogens is 503 g/mol. The molecule has 1 saturated heterocycles. The van der Waals surface area contributed by atoms with Crippen LogP contribution in [0.5, 0.6) is 5.75 Å². The van der Waals surface area contributed by atoms with Crippen molar-refractivity contribution in [2.24, 2.45) is 11.7 Å². The Morgan fingerprint density at radius 1 is 1.21 bits per heavy atom. The van der Waals surface area contributed by atoms with Gasteiger partial charge in [-0.2, -0.15) is 13.2 Å². The van der Waals surface area contributed by atoms with Crippen molar-refractivity contribution in [1.82, 2.24) is 20.2 Å². The number of hydrogen-bond acceptors (Lipinski definition) is 7. The highest BCUT2D eigenvalue weighted by Crippen LogP contribution is 2.38. The van der Waals surface area contributed by atoms with E-state index in [1.165, 1.54) is 19.2 Å². The second kappa shape index (κ2) is 9.57. The average molecular weight is 532 g/mol. The zero-order valence-corrected chi connectivity index (χ0v) is 21.1. The van der Waals surface area contributed by atoms with E-state index in [-0.39, 0.29) is 52.5 Å². The number of fused-ring (bicyclic) bond motifs is 1. The third kappa shape index (κ3) is 4.80. The first-order valence-electron chi connectivity index (χ1n) is 12.4. The third-order valence-corrected chi connectivity index (χ3v) is 6.96. The lowest BCUT2D eigenvalue weighted by Crippen LogP contribution is -2.40. The third-order valence-electron chi connectivity index (χ3n) is 6.96.